The highest BCUT2D eigenvalue weighted by Gasteiger charge is 2.20. The summed E-state index contributed by atoms with van der Waals surface area (Å²) >= 11 is 0. The average Bonchev–Trinajstić information content (AvgIpc) is 2.14. The van der Waals surface area contributed by atoms with Gasteiger partial charge in [-0.2, -0.15) is 0 Å². The van der Waals surface area contributed by atoms with Gasteiger partial charge in [0.2, 0.25) is 0 Å². The van der Waals surface area contributed by atoms with E-state index in [1.54, 1.807) is 26.0 Å². The van der Waals surface area contributed by atoms with Crippen LogP contribution in [0.1, 0.15) is 22.7 Å². The molecule has 4 nitrogen and oxygen atoms in total. The van der Waals surface area contributed by atoms with Crippen molar-refractivity contribution < 1.29 is 14.6 Å². The van der Waals surface area contributed by atoms with Crippen LogP contribution >= 0.6 is 0 Å². The van der Waals surface area contributed by atoms with Gasteiger partial charge in [0.1, 0.15) is 11.8 Å². The van der Waals surface area contributed by atoms with E-state index in [0.29, 0.717) is 5.56 Å². The van der Waals surface area contributed by atoms with Gasteiger partial charge in [0.05, 0.1) is 7.11 Å². The Morgan fingerprint density at radius 2 is 1.87 bits per heavy atom. The highest BCUT2D eigenvalue weighted by molar-refractivity contribution is 5.78. The van der Waals surface area contributed by atoms with Gasteiger partial charge >= 0.3 is 5.97 Å². The standard InChI is InChI=1S/C11H15NO3/c1-6-4-8(13)5-7(2)9(6)10(12)11(14)15-3/h4-5,10,13H,12H2,1-3H3/t10-/m0/s1. The van der Waals surface area contributed by atoms with Gasteiger partial charge in [-0.15, -0.1) is 0 Å². The lowest BCUT2D eigenvalue weighted by molar-refractivity contribution is -0.142. The van der Waals surface area contributed by atoms with Crippen molar-refractivity contribution >= 4 is 5.97 Å². The molecule has 1 aromatic carbocycles. The first-order valence-electron chi connectivity index (χ1n) is 4.61. The number of aromatic hydroxyl groups is 1. The van der Waals surface area contributed by atoms with Crippen LogP contribution < -0.4 is 5.73 Å². The first kappa shape index (κ1) is 11.5. The molecule has 0 saturated heterocycles. The van der Waals surface area contributed by atoms with E-state index in [1.165, 1.54) is 7.11 Å². The predicted octanol–water partition coefficient (Wildman–Crippen LogP) is 1.18. The lowest BCUT2D eigenvalue weighted by Gasteiger charge is -2.15. The molecule has 0 aliphatic heterocycles. The lowest BCUT2D eigenvalue weighted by atomic mass is 9.96. The van der Waals surface area contributed by atoms with Gasteiger partial charge in [-0.3, -0.25) is 4.79 Å². The second-order valence-electron chi connectivity index (χ2n) is 3.49. The SMILES string of the molecule is COC(=O)[C@@H](N)c1c(C)cc(O)cc1C. The van der Waals surface area contributed by atoms with Crippen LogP contribution in [0.25, 0.3) is 0 Å². The van der Waals surface area contributed by atoms with Gasteiger partial charge in [-0.25, -0.2) is 0 Å². The maximum atomic E-state index is 11.3. The third kappa shape index (κ3) is 2.27. The number of hydrogen-bond donors (Lipinski definition) is 2. The number of methoxy groups -OCH3 is 1. The molecule has 0 fully saturated rings. The molecule has 0 saturated carbocycles. The van der Waals surface area contributed by atoms with E-state index < -0.39 is 12.0 Å². The third-order valence-corrected chi connectivity index (χ3v) is 2.34. The van der Waals surface area contributed by atoms with E-state index in [9.17, 15) is 9.90 Å². The highest BCUT2D eigenvalue weighted by Crippen LogP contribution is 2.25. The van der Waals surface area contributed by atoms with Crippen LogP contribution in [0.4, 0.5) is 0 Å². The Labute approximate surface area is 88.7 Å². The number of ether oxygens (including phenoxy) is 1. The molecular weight excluding hydrogens is 194 g/mol. The normalized spacial score (nSPS) is 12.3. The smallest absolute Gasteiger partial charge is 0.327 e. The van der Waals surface area contributed by atoms with Gasteiger partial charge in [0.15, 0.2) is 0 Å². The molecule has 0 aromatic heterocycles. The zero-order valence-corrected chi connectivity index (χ0v) is 9.07. The second-order valence-corrected chi connectivity index (χ2v) is 3.49. The minimum atomic E-state index is -0.796. The van der Waals surface area contributed by atoms with Crippen molar-refractivity contribution in [2.75, 3.05) is 7.11 Å². The minimum Gasteiger partial charge on any atom is -0.508 e. The molecule has 0 heterocycles. The monoisotopic (exact) mass is 209 g/mol. The van der Waals surface area contributed by atoms with Crippen molar-refractivity contribution in [2.45, 2.75) is 19.9 Å². The van der Waals surface area contributed by atoms with Gasteiger partial charge in [0.25, 0.3) is 0 Å². The fourth-order valence-corrected chi connectivity index (χ4v) is 1.69. The summed E-state index contributed by atoms with van der Waals surface area (Å²) in [5, 5.41) is 9.34. The van der Waals surface area contributed by atoms with Gasteiger partial charge in [0, 0.05) is 0 Å². The molecule has 0 bridgehead atoms. The van der Waals surface area contributed by atoms with Crippen LogP contribution in [0.3, 0.4) is 0 Å². The van der Waals surface area contributed by atoms with Crippen molar-refractivity contribution in [1.29, 1.82) is 0 Å². The lowest BCUT2D eigenvalue weighted by Crippen LogP contribution is -2.24. The predicted molar refractivity (Wildman–Crippen MR) is 56.5 cm³/mol. The van der Waals surface area contributed by atoms with E-state index in [4.69, 9.17) is 5.73 Å². The molecular formula is C11H15NO3. The number of nitrogens with two attached hydrogens (primary N) is 1. The second kappa shape index (κ2) is 4.31. The largest absolute Gasteiger partial charge is 0.508 e. The van der Waals surface area contributed by atoms with Crippen LogP contribution in [0.15, 0.2) is 12.1 Å². The Hall–Kier alpha value is -1.55. The molecule has 4 heteroatoms. The molecule has 0 radical (unpaired) electrons. The van der Waals surface area contributed by atoms with E-state index in [2.05, 4.69) is 4.74 Å². The van der Waals surface area contributed by atoms with Crippen LogP contribution in [0.5, 0.6) is 5.75 Å². The summed E-state index contributed by atoms with van der Waals surface area (Å²) in [6.45, 7) is 3.59. The van der Waals surface area contributed by atoms with Crippen LogP contribution in [0, 0.1) is 13.8 Å². The Morgan fingerprint density at radius 3 is 2.27 bits per heavy atom. The molecule has 0 amide bonds. The summed E-state index contributed by atoms with van der Waals surface area (Å²) in [4.78, 5) is 11.3. The Morgan fingerprint density at radius 1 is 1.40 bits per heavy atom. The van der Waals surface area contributed by atoms with Crippen molar-refractivity contribution in [3.05, 3.63) is 28.8 Å². The Bertz CT molecular complexity index is 364. The molecule has 1 atom stereocenters. The van der Waals surface area contributed by atoms with E-state index in [-0.39, 0.29) is 5.75 Å². The van der Waals surface area contributed by atoms with Crippen LogP contribution in [0.2, 0.25) is 0 Å². The summed E-state index contributed by atoms with van der Waals surface area (Å²) in [5.74, 6) is -0.308. The van der Waals surface area contributed by atoms with E-state index >= 15 is 0 Å². The first-order chi connectivity index (χ1) is 6.97. The summed E-state index contributed by atoms with van der Waals surface area (Å²) in [5.41, 5.74) is 8.02. The van der Waals surface area contributed by atoms with Crippen molar-refractivity contribution in [3.8, 4) is 5.75 Å². The number of benzene rings is 1. The Balaban J connectivity index is 3.19. The number of rotatable bonds is 2. The maximum absolute atomic E-state index is 11.3. The zero-order chi connectivity index (χ0) is 11.6. The molecule has 1 rings (SSSR count). The molecule has 0 aliphatic rings. The molecule has 0 spiro atoms. The summed E-state index contributed by atoms with van der Waals surface area (Å²) < 4.78 is 4.58. The number of carbonyl (C=O) groups is 1. The van der Waals surface area contributed by atoms with Gasteiger partial charge in [-0.05, 0) is 42.7 Å². The first-order valence-corrected chi connectivity index (χ1v) is 4.61. The minimum absolute atomic E-state index is 0.172. The molecule has 15 heavy (non-hydrogen) atoms. The van der Waals surface area contributed by atoms with Gasteiger partial charge in [-0.1, -0.05) is 0 Å². The average molecular weight is 209 g/mol. The molecule has 3 N–H and O–H groups in total. The number of carbonyl (C=O) groups excluding carboxylic acids is 1. The van der Waals surface area contributed by atoms with E-state index in [1.807, 2.05) is 0 Å². The number of esters is 1. The zero-order valence-electron chi connectivity index (χ0n) is 9.07. The quantitative estimate of drug-likeness (QED) is 0.717. The summed E-state index contributed by atoms with van der Waals surface area (Å²) in [6.07, 6.45) is 0. The summed E-state index contributed by atoms with van der Waals surface area (Å²) in [6, 6.07) is 2.35. The molecule has 1 aromatic rings. The van der Waals surface area contributed by atoms with E-state index in [0.717, 1.165) is 11.1 Å². The fraction of sp³-hybridized carbons (Fsp3) is 0.364. The number of phenols is 1. The summed E-state index contributed by atoms with van der Waals surface area (Å²) in [7, 11) is 1.30. The molecule has 82 valence electrons. The number of hydrogen-bond acceptors (Lipinski definition) is 4. The topological polar surface area (TPSA) is 72.5 Å². The molecule has 0 aliphatic carbocycles. The molecule has 0 unspecified atom stereocenters. The third-order valence-electron chi connectivity index (χ3n) is 2.34. The van der Waals surface area contributed by atoms with Crippen molar-refractivity contribution in [1.82, 2.24) is 0 Å². The van der Waals surface area contributed by atoms with Crippen LogP contribution in [-0.2, 0) is 9.53 Å². The number of phenolic OH excluding ortho intramolecular Hbond substituents is 1. The fourth-order valence-electron chi connectivity index (χ4n) is 1.69. The van der Waals surface area contributed by atoms with Crippen molar-refractivity contribution in [2.24, 2.45) is 5.73 Å². The Kier molecular flexibility index (Phi) is 3.31. The van der Waals surface area contributed by atoms with Gasteiger partial charge < -0.3 is 15.6 Å². The van der Waals surface area contributed by atoms with Crippen molar-refractivity contribution in [3.63, 3.8) is 0 Å². The maximum Gasteiger partial charge on any atom is 0.327 e. The highest BCUT2D eigenvalue weighted by atomic mass is 16.5. The van der Waals surface area contributed by atoms with Crippen LogP contribution in [-0.4, -0.2) is 18.2 Å². The number of aryl methyl sites for hydroxylation is 2.